The molecule has 0 atom stereocenters. The lowest BCUT2D eigenvalue weighted by Crippen LogP contribution is -2.27. The zero-order valence-electron chi connectivity index (χ0n) is 18.7. The van der Waals surface area contributed by atoms with Crippen LogP contribution in [0, 0.1) is 6.92 Å². The smallest absolute Gasteiger partial charge is 0.262 e. The SMILES string of the molecule is Cc1ccc(C(C)(C)C)cc1S(=O)(=O)Nc1ccc(C(=O)NCCCN(C)C)cc1. The molecule has 30 heavy (non-hydrogen) atoms. The molecule has 6 nitrogen and oxygen atoms in total. The monoisotopic (exact) mass is 431 g/mol. The summed E-state index contributed by atoms with van der Waals surface area (Å²) in [4.78, 5) is 14.5. The van der Waals surface area contributed by atoms with Gasteiger partial charge in [-0.05, 0) is 80.9 Å². The Labute approximate surface area is 180 Å². The van der Waals surface area contributed by atoms with E-state index in [0.29, 0.717) is 23.4 Å². The van der Waals surface area contributed by atoms with Crippen molar-refractivity contribution in [3.63, 3.8) is 0 Å². The Morgan fingerprint density at radius 3 is 2.23 bits per heavy atom. The van der Waals surface area contributed by atoms with E-state index >= 15 is 0 Å². The van der Waals surface area contributed by atoms with E-state index in [1.165, 1.54) is 0 Å². The van der Waals surface area contributed by atoms with Gasteiger partial charge in [-0.3, -0.25) is 9.52 Å². The Kier molecular flexibility index (Phi) is 7.66. The number of aryl methyl sites for hydroxylation is 1. The highest BCUT2D eigenvalue weighted by Crippen LogP contribution is 2.27. The third-order valence-electron chi connectivity index (χ3n) is 4.81. The summed E-state index contributed by atoms with van der Waals surface area (Å²) in [5, 5.41) is 2.87. The number of benzene rings is 2. The fourth-order valence-electron chi connectivity index (χ4n) is 2.96. The molecule has 0 saturated carbocycles. The van der Waals surface area contributed by atoms with Crippen LogP contribution in [0.5, 0.6) is 0 Å². The molecular formula is C23H33N3O3S. The van der Waals surface area contributed by atoms with Crippen LogP contribution in [-0.2, 0) is 15.4 Å². The van der Waals surface area contributed by atoms with Crippen molar-refractivity contribution in [2.75, 3.05) is 31.9 Å². The van der Waals surface area contributed by atoms with Gasteiger partial charge in [0.15, 0.2) is 0 Å². The number of rotatable bonds is 8. The summed E-state index contributed by atoms with van der Waals surface area (Å²) in [7, 11) is 0.236. The number of nitrogens with one attached hydrogen (secondary N) is 2. The molecule has 2 aromatic rings. The van der Waals surface area contributed by atoms with Gasteiger partial charge in [0.2, 0.25) is 0 Å². The minimum atomic E-state index is -3.74. The summed E-state index contributed by atoms with van der Waals surface area (Å²) < 4.78 is 28.5. The van der Waals surface area contributed by atoms with Crippen LogP contribution in [0.3, 0.4) is 0 Å². The van der Waals surface area contributed by atoms with Gasteiger partial charge in [0, 0.05) is 17.8 Å². The molecule has 2 rings (SSSR count). The summed E-state index contributed by atoms with van der Waals surface area (Å²) >= 11 is 0. The first kappa shape index (κ1) is 23.9. The van der Waals surface area contributed by atoms with Crippen LogP contribution < -0.4 is 10.0 Å². The first-order valence-electron chi connectivity index (χ1n) is 10.1. The molecule has 0 unspecified atom stereocenters. The highest BCUT2D eigenvalue weighted by atomic mass is 32.2. The fourth-order valence-corrected chi connectivity index (χ4v) is 4.29. The first-order chi connectivity index (χ1) is 13.9. The number of nitrogens with zero attached hydrogens (tertiary/aromatic N) is 1. The van der Waals surface area contributed by atoms with Crippen molar-refractivity contribution in [1.29, 1.82) is 0 Å². The van der Waals surface area contributed by atoms with Crippen molar-refractivity contribution in [1.82, 2.24) is 10.2 Å². The molecule has 164 valence electrons. The molecule has 2 aromatic carbocycles. The normalized spacial score (nSPS) is 12.1. The van der Waals surface area contributed by atoms with Crippen LogP contribution >= 0.6 is 0 Å². The lowest BCUT2D eigenvalue weighted by atomic mass is 9.87. The Morgan fingerprint density at radius 1 is 1.03 bits per heavy atom. The molecule has 0 radical (unpaired) electrons. The third kappa shape index (κ3) is 6.57. The third-order valence-corrected chi connectivity index (χ3v) is 6.33. The van der Waals surface area contributed by atoms with E-state index in [2.05, 4.69) is 14.9 Å². The second-order valence-electron chi connectivity index (χ2n) is 8.83. The van der Waals surface area contributed by atoms with Gasteiger partial charge in [-0.15, -0.1) is 0 Å². The van der Waals surface area contributed by atoms with Crippen molar-refractivity contribution < 1.29 is 13.2 Å². The van der Waals surface area contributed by atoms with Crippen LogP contribution in [-0.4, -0.2) is 46.4 Å². The number of hydrogen-bond acceptors (Lipinski definition) is 4. The molecule has 1 amide bonds. The van der Waals surface area contributed by atoms with Gasteiger partial charge >= 0.3 is 0 Å². The molecular weight excluding hydrogens is 398 g/mol. The molecule has 7 heteroatoms. The van der Waals surface area contributed by atoms with Crippen LogP contribution in [0.1, 0.15) is 48.7 Å². The fraction of sp³-hybridized carbons (Fsp3) is 0.435. The van der Waals surface area contributed by atoms with Crippen molar-refractivity contribution in [2.45, 2.75) is 44.4 Å². The van der Waals surface area contributed by atoms with E-state index in [4.69, 9.17) is 0 Å². The Hall–Kier alpha value is -2.38. The van der Waals surface area contributed by atoms with Gasteiger partial charge in [0.05, 0.1) is 4.90 Å². The zero-order valence-corrected chi connectivity index (χ0v) is 19.6. The lowest BCUT2D eigenvalue weighted by Gasteiger charge is -2.21. The van der Waals surface area contributed by atoms with Gasteiger partial charge < -0.3 is 10.2 Å². The highest BCUT2D eigenvalue weighted by molar-refractivity contribution is 7.92. The average molecular weight is 432 g/mol. The maximum Gasteiger partial charge on any atom is 0.262 e. The van der Waals surface area contributed by atoms with Crippen molar-refractivity contribution in [2.24, 2.45) is 0 Å². The molecule has 0 heterocycles. The Balaban J connectivity index is 2.10. The quantitative estimate of drug-likeness (QED) is 0.624. The highest BCUT2D eigenvalue weighted by Gasteiger charge is 2.21. The molecule has 0 bridgehead atoms. The Bertz CT molecular complexity index is 976. The summed E-state index contributed by atoms with van der Waals surface area (Å²) in [6.45, 7) is 9.42. The van der Waals surface area contributed by atoms with E-state index in [9.17, 15) is 13.2 Å². The van der Waals surface area contributed by atoms with Gasteiger partial charge in [0.25, 0.3) is 15.9 Å². The number of carbonyl (C=O) groups excluding carboxylic acids is 1. The van der Waals surface area contributed by atoms with E-state index in [0.717, 1.165) is 18.5 Å². The van der Waals surface area contributed by atoms with Gasteiger partial charge in [0.1, 0.15) is 0 Å². The molecule has 0 aliphatic carbocycles. The number of anilines is 1. The largest absolute Gasteiger partial charge is 0.352 e. The first-order valence-corrected chi connectivity index (χ1v) is 11.6. The summed E-state index contributed by atoms with van der Waals surface area (Å²) in [5.74, 6) is -0.170. The summed E-state index contributed by atoms with van der Waals surface area (Å²) in [6.07, 6.45) is 0.865. The zero-order chi connectivity index (χ0) is 22.5. The maximum absolute atomic E-state index is 13.0. The van der Waals surface area contributed by atoms with Crippen LogP contribution in [0.15, 0.2) is 47.4 Å². The van der Waals surface area contributed by atoms with Gasteiger partial charge in [-0.25, -0.2) is 8.42 Å². The maximum atomic E-state index is 13.0. The number of carbonyl (C=O) groups is 1. The standard InChI is InChI=1S/C23H33N3O3S/c1-17-8-11-19(23(2,3)4)16-21(17)30(28,29)25-20-12-9-18(10-13-20)22(27)24-14-7-15-26(5)6/h8-13,16,25H,7,14-15H2,1-6H3,(H,24,27). The molecule has 0 fully saturated rings. The van der Waals surface area contributed by atoms with E-state index in [1.54, 1.807) is 37.3 Å². The van der Waals surface area contributed by atoms with Gasteiger partial charge in [-0.2, -0.15) is 0 Å². The van der Waals surface area contributed by atoms with Crippen molar-refractivity contribution >= 4 is 21.6 Å². The van der Waals surface area contributed by atoms with E-state index in [1.807, 2.05) is 47.0 Å². The van der Waals surface area contributed by atoms with Crippen LogP contribution in [0.4, 0.5) is 5.69 Å². The number of amides is 1. The van der Waals surface area contributed by atoms with Gasteiger partial charge in [-0.1, -0.05) is 32.9 Å². The lowest BCUT2D eigenvalue weighted by molar-refractivity contribution is 0.0952. The predicted molar refractivity (Wildman–Crippen MR) is 123 cm³/mol. The molecule has 0 aliphatic heterocycles. The van der Waals surface area contributed by atoms with E-state index < -0.39 is 10.0 Å². The molecule has 0 saturated heterocycles. The number of sulfonamides is 1. The minimum Gasteiger partial charge on any atom is -0.352 e. The van der Waals surface area contributed by atoms with E-state index in [-0.39, 0.29) is 16.2 Å². The molecule has 0 aromatic heterocycles. The topological polar surface area (TPSA) is 78.5 Å². The van der Waals surface area contributed by atoms with Crippen molar-refractivity contribution in [3.05, 3.63) is 59.2 Å². The summed E-state index contributed by atoms with van der Waals surface area (Å²) in [5.41, 5.74) is 2.40. The second-order valence-corrected chi connectivity index (χ2v) is 10.5. The minimum absolute atomic E-state index is 0.153. The second kappa shape index (κ2) is 9.62. The molecule has 2 N–H and O–H groups in total. The Morgan fingerprint density at radius 2 is 1.67 bits per heavy atom. The predicted octanol–water partition coefficient (Wildman–Crippen LogP) is 3.77. The molecule has 0 aliphatic rings. The van der Waals surface area contributed by atoms with Crippen molar-refractivity contribution in [3.8, 4) is 0 Å². The molecule has 0 spiro atoms. The van der Waals surface area contributed by atoms with Crippen LogP contribution in [0.2, 0.25) is 0 Å². The number of hydrogen-bond donors (Lipinski definition) is 2. The average Bonchev–Trinajstić information content (AvgIpc) is 2.64. The van der Waals surface area contributed by atoms with Crippen LogP contribution in [0.25, 0.3) is 0 Å². The summed E-state index contributed by atoms with van der Waals surface area (Å²) in [6, 6.07) is 12.0.